The van der Waals surface area contributed by atoms with Gasteiger partial charge >= 0.3 is 0 Å². The molecule has 0 saturated heterocycles. The standard InChI is InChI=1S/C28H28ClN3O4S/c29-23-13-11-21(12-14-23)19-32(37(34,35)27-9-5-2-6-10-27)20-26-16-15-25(36-26)17-22(18-30)28(33)31-24-7-3-1-4-8-24/h2,5-6,9-17,24H,1,3-4,7-8,19-20H2,(H,31,33)/b22-17-. The van der Waals surface area contributed by atoms with E-state index in [4.69, 9.17) is 16.0 Å². The second-order valence-corrected chi connectivity index (χ2v) is 11.4. The first-order valence-corrected chi connectivity index (χ1v) is 14.0. The van der Waals surface area contributed by atoms with Crippen LogP contribution < -0.4 is 5.32 Å². The van der Waals surface area contributed by atoms with Crippen molar-refractivity contribution < 1.29 is 17.6 Å². The Hall–Kier alpha value is -3.38. The van der Waals surface area contributed by atoms with E-state index in [2.05, 4.69) is 5.32 Å². The Morgan fingerprint density at radius 2 is 1.73 bits per heavy atom. The van der Waals surface area contributed by atoms with E-state index in [-0.39, 0.29) is 29.6 Å². The number of sulfonamides is 1. The number of rotatable bonds is 9. The maximum atomic E-state index is 13.5. The number of nitriles is 1. The van der Waals surface area contributed by atoms with Gasteiger partial charge in [0.25, 0.3) is 5.91 Å². The number of halogens is 1. The molecule has 0 unspecified atom stereocenters. The monoisotopic (exact) mass is 537 g/mol. The van der Waals surface area contributed by atoms with Gasteiger partial charge in [0.15, 0.2) is 0 Å². The molecule has 0 spiro atoms. The molecule has 1 aliphatic rings. The fourth-order valence-electron chi connectivity index (χ4n) is 4.29. The number of amides is 1. The van der Waals surface area contributed by atoms with Gasteiger partial charge in [-0.25, -0.2) is 8.42 Å². The number of furan rings is 1. The van der Waals surface area contributed by atoms with Crippen LogP contribution in [-0.4, -0.2) is 24.7 Å². The summed E-state index contributed by atoms with van der Waals surface area (Å²) in [6.45, 7) is 0.0668. The van der Waals surface area contributed by atoms with E-state index in [0.717, 1.165) is 37.7 Å². The van der Waals surface area contributed by atoms with Crippen LogP contribution in [0.5, 0.6) is 0 Å². The topological polar surface area (TPSA) is 103 Å². The molecule has 1 aliphatic carbocycles. The Bertz CT molecular complexity index is 1390. The lowest BCUT2D eigenvalue weighted by Gasteiger charge is -2.22. The normalized spacial score (nSPS) is 14.9. The quantitative estimate of drug-likeness (QED) is 0.279. The third-order valence-corrected chi connectivity index (χ3v) is 8.32. The Labute approximate surface area is 222 Å². The average Bonchev–Trinajstić information content (AvgIpc) is 3.36. The molecule has 2 aromatic carbocycles. The molecule has 0 radical (unpaired) electrons. The minimum absolute atomic E-state index is 0.0378. The van der Waals surface area contributed by atoms with E-state index in [0.29, 0.717) is 16.5 Å². The van der Waals surface area contributed by atoms with Crippen LogP contribution in [0.3, 0.4) is 0 Å². The second kappa shape index (κ2) is 12.2. The van der Waals surface area contributed by atoms with Crippen molar-refractivity contribution in [3.8, 4) is 6.07 Å². The van der Waals surface area contributed by atoms with Crippen molar-refractivity contribution in [2.24, 2.45) is 0 Å². The van der Waals surface area contributed by atoms with Crippen molar-refractivity contribution in [1.82, 2.24) is 9.62 Å². The van der Waals surface area contributed by atoms with Gasteiger partial charge in [-0.05, 0) is 54.8 Å². The third-order valence-electron chi connectivity index (χ3n) is 6.26. The van der Waals surface area contributed by atoms with Gasteiger partial charge in [0.2, 0.25) is 10.0 Å². The molecule has 0 bridgehead atoms. The molecule has 9 heteroatoms. The van der Waals surface area contributed by atoms with E-state index in [1.807, 2.05) is 6.07 Å². The zero-order valence-electron chi connectivity index (χ0n) is 20.3. The fraction of sp³-hybridized carbons (Fsp3) is 0.286. The van der Waals surface area contributed by atoms with Gasteiger partial charge in [0.05, 0.1) is 11.4 Å². The number of hydrogen-bond acceptors (Lipinski definition) is 5. The summed E-state index contributed by atoms with van der Waals surface area (Å²) in [5, 5.41) is 13.0. The largest absolute Gasteiger partial charge is 0.460 e. The summed E-state index contributed by atoms with van der Waals surface area (Å²) in [5.74, 6) is 0.252. The third kappa shape index (κ3) is 7.10. The molecule has 3 aromatic rings. The van der Waals surface area contributed by atoms with Gasteiger partial charge in [-0.3, -0.25) is 4.79 Å². The Balaban J connectivity index is 1.54. The van der Waals surface area contributed by atoms with Crippen molar-refractivity contribution in [3.05, 3.63) is 94.4 Å². The highest BCUT2D eigenvalue weighted by Gasteiger charge is 2.26. The Morgan fingerprint density at radius 3 is 2.41 bits per heavy atom. The lowest BCUT2D eigenvalue weighted by Crippen LogP contribution is -2.36. The van der Waals surface area contributed by atoms with Crippen molar-refractivity contribution in [2.45, 2.75) is 56.1 Å². The molecule has 37 heavy (non-hydrogen) atoms. The lowest BCUT2D eigenvalue weighted by molar-refractivity contribution is -0.117. The van der Waals surface area contributed by atoms with E-state index >= 15 is 0 Å². The number of nitrogens with zero attached hydrogens (tertiary/aromatic N) is 2. The fourth-order valence-corrected chi connectivity index (χ4v) is 5.83. The molecule has 1 aromatic heterocycles. The van der Waals surface area contributed by atoms with Crippen molar-refractivity contribution in [1.29, 1.82) is 5.26 Å². The van der Waals surface area contributed by atoms with Crippen LogP contribution in [0.15, 0.2) is 81.6 Å². The second-order valence-electron chi connectivity index (χ2n) is 8.99. The summed E-state index contributed by atoms with van der Waals surface area (Å²) >= 11 is 5.99. The van der Waals surface area contributed by atoms with Gasteiger partial charge in [0.1, 0.15) is 23.2 Å². The first kappa shape index (κ1) is 26.7. The zero-order valence-corrected chi connectivity index (χ0v) is 21.8. The molecular formula is C28H28ClN3O4S. The van der Waals surface area contributed by atoms with Crippen LogP contribution in [0.2, 0.25) is 5.02 Å². The summed E-state index contributed by atoms with van der Waals surface area (Å²) in [4.78, 5) is 12.8. The molecule has 1 heterocycles. The minimum atomic E-state index is -3.85. The van der Waals surface area contributed by atoms with Crippen LogP contribution in [0.4, 0.5) is 0 Å². The maximum Gasteiger partial charge on any atom is 0.262 e. The molecule has 1 fully saturated rings. The van der Waals surface area contributed by atoms with Gasteiger partial charge in [-0.15, -0.1) is 0 Å². The zero-order chi connectivity index (χ0) is 26.3. The van der Waals surface area contributed by atoms with Crippen molar-refractivity contribution in [2.75, 3.05) is 0 Å². The molecule has 4 rings (SSSR count). The van der Waals surface area contributed by atoms with Crippen LogP contribution in [0.1, 0.15) is 49.2 Å². The summed E-state index contributed by atoms with van der Waals surface area (Å²) < 4.78 is 34.1. The van der Waals surface area contributed by atoms with Gasteiger partial charge in [0, 0.05) is 23.7 Å². The molecule has 0 aliphatic heterocycles. The number of hydrogen-bond donors (Lipinski definition) is 1. The SMILES string of the molecule is N#C/C(=C/c1ccc(CN(Cc2ccc(Cl)cc2)S(=O)(=O)c2ccccc2)o1)C(=O)NC1CCCCC1. The molecule has 7 nitrogen and oxygen atoms in total. The van der Waals surface area contributed by atoms with Crippen LogP contribution >= 0.6 is 11.6 Å². The summed E-state index contributed by atoms with van der Waals surface area (Å²) in [6, 6.07) is 20.5. The van der Waals surface area contributed by atoms with E-state index < -0.39 is 15.9 Å². The lowest BCUT2D eigenvalue weighted by atomic mass is 9.95. The van der Waals surface area contributed by atoms with Crippen molar-refractivity contribution >= 4 is 33.6 Å². The number of benzene rings is 2. The molecule has 1 N–H and O–H groups in total. The van der Waals surface area contributed by atoms with Gasteiger partial charge in [-0.2, -0.15) is 9.57 Å². The molecule has 192 valence electrons. The molecule has 0 atom stereocenters. The number of carbonyl (C=O) groups is 1. The highest BCUT2D eigenvalue weighted by Crippen LogP contribution is 2.24. The van der Waals surface area contributed by atoms with Gasteiger partial charge < -0.3 is 9.73 Å². The maximum absolute atomic E-state index is 13.5. The van der Waals surface area contributed by atoms with Crippen molar-refractivity contribution in [3.63, 3.8) is 0 Å². The minimum Gasteiger partial charge on any atom is -0.460 e. The number of carbonyl (C=O) groups excluding carboxylic acids is 1. The van der Waals surface area contributed by atoms with E-state index in [1.54, 1.807) is 66.7 Å². The Morgan fingerprint density at radius 1 is 1.03 bits per heavy atom. The first-order valence-electron chi connectivity index (χ1n) is 12.2. The van der Waals surface area contributed by atoms with Crippen LogP contribution in [0.25, 0.3) is 6.08 Å². The molecular weight excluding hydrogens is 510 g/mol. The Kier molecular flexibility index (Phi) is 8.82. The highest BCUT2D eigenvalue weighted by molar-refractivity contribution is 7.89. The van der Waals surface area contributed by atoms with E-state index in [9.17, 15) is 18.5 Å². The molecule has 1 amide bonds. The highest BCUT2D eigenvalue weighted by atomic mass is 35.5. The predicted octanol–water partition coefficient (Wildman–Crippen LogP) is 5.68. The predicted molar refractivity (Wildman–Crippen MR) is 142 cm³/mol. The van der Waals surface area contributed by atoms with Crippen LogP contribution in [0, 0.1) is 11.3 Å². The molecule has 1 saturated carbocycles. The average molecular weight is 538 g/mol. The summed E-state index contributed by atoms with van der Waals surface area (Å²) in [7, 11) is -3.85. The summed E-state index contributed by atoms with van der Waals surface area (Å²) in [5.41, 5.74) is 0.711. The number of nitrogens with one attached hydrogen (secondary N) is 1. The summed E-state index contributed by atoms with van der Waals surface area (Å²) in [6.07, 6.45) is 6.50. The van der Waals surface area contributed by atoms with E-state index in [1.165, 1.54) is 10.4 Å². The van der Waals surface area contributed by atoms with Crippen LogP contribution in [-0.2, 0) is 27.9 Å². The van der Waals surface area contributed by atoms with Gasteiger partial charge in [-0.1, -0.05) is 61.2 Å². The first-order chi connectivity index (χ1) is 17.8. The smallest absolute Gasteiger partial charge is 0.262 e.